The van der Waals surface area contributed by atoms with Crippen molar-refractivity contribution in [2.75, 3.05) is 0 Å². The van der Waals surface area contributed by atoms with Gasteiger partial charge in [0.25, 0.3) is 0 Å². The third-order valence-corrected chi connectivity index (χ3v) is 3.89. The van der Waals surface area contributed by atoms with Gasteiger partial charge >= 0.3 is 0 Å². The molecule has 0 fully saturated rings. The molecule has 0 spiro atoms. The first-order valence-electron chi connectivity index (χ1n) is 7.34. The van der Waals surface area contributed by atoms with Crippen molar-refractivity contribution in [3.05, 3.63) is 35.7 Å². The fourth-order valence-electron chi connectivity index (χ4n) is 2.96. The normalized spacial score (nSPS) is 19.1. The van der Waals surface area contributed by atoms with E-state index < -0.39 is 0 Å². The minimum absolute atomic E-state index is 0.0521. The molecule has 3 rings (SSSR count). The van der Waals surface area contributed by atoms with E-state index in [0.717, 1.165) is 18.8 Å². The van der Waals surface area contributed by atoms with Crippen LogP contribution in [0.5, 0.6) is 0 Å². The zero-order chi connectivity index (χ0) is 14.2. The van der Waals surface area contributed by atoms with Gasteiger partial charge in [0, 0.05) is 29.7 Å². The zero-order valence-electron chi connectivity index (χ0n) is 12.5. The number of hydrogen-bond donors (Lipinski definition) is 2. The van der Waals surface area contributed by atoms with Gasteiger partial charge < -0.3 is 10.3 Å². The number of hydrogen-bond acceptors (Lipinski definition) is 3. The summed E-state index contributed by atoms with van der Waals surface area (Å²) in [7, 11) is 0. The van der Waals surface area contributed by atoms with Gasteiger partial charge in [-0.2, -0.15) is 5.10 Å². The molecule has 2 heterocycles. The van der Waals surface area contributed by atoms with Crippen LogP contribution in [-0.2, 0) is 18.5 Å². The van der Waals surface area contributed by atoms with Crippen LogP contribution in [0.3, 0.4) is 0 Å². The highest BCUT2D eigenvalue weighted by Gasteiger charge is 2.27. The number of aromatic nitrogens is 4. The third kappa shape index (κ3) is 2.50. The van der Waals surface area contributed by atoms with Crippen LogP contribution < -0.4 is 5.32 Å². The number of aromatic amines is 1. The molecule has 2 aromatic heterocycles. The van der Waals surface area contributed by atoms with Gasteiger partial charge in [-0.15, -0.1) is 0 Å². The van der Waals surface area contributed by atoms with Crippen molar-refractivity contribution in [2.45, 2.75) is 58.2 Å². The van der Waals surface area contributed by atoms with Crippen LogP contribution in [0.4, 0.5) is 0 Å². The first kappa shape index (κ1) is 13.4. The smallest absolute Gasteiger partial charge is 0.120 e. The average Bonchev–Trinajstić information content (AvgIpc) is 3.04. The summed E-state index contributed by atoms with van der Waals surface area (Å²) in [5.41, 5.74) is 2.80. The van der Waals surface area contributed by atoms with E-state index in [9.17, 15) is 0 Å². The topological polar surface area (TPSA) is 58.5 Å². The van der Waals surface area contributed by atoms with Crippen molar-refractivity contribution >= 4 is 0 Å². The van der Waals surface area contributed by atoms with Crippen molar-refractivity contribution < 1.29 is 0 Å². The second-order valence-corrected chi connectivity index (χ2v) is 6.49. The molecule has 0 bridgehead atoms. The summed E-state index contributed by atoms with van der Waals surface area (Å²) < 4.78 is 2.18. The first-order chi connectivity index (χ1) is 9.55. The summed E-state index contributed by atoms with van der Waals surface area (Å²) >= 11 is 0. The molecule has 5 heteroatoms. The van der Waals surface area contributed by atoms with Crippen molar-refractivity contribution in [1.82, 2.24) is 25.1 Å². The van der Waals surface area contributed by atoms with Crippen molar-refractivity contribution in [2.24, 2.45) is 0 Å². The van der Waals surface area contributed by atoms with E-state index >= 15 is 0 Å². The molecule has 108 valence electrons. The van der Waals surface area contributed by atoms with Crippen LogP contribution in [0.2, 0.25) is 0 Å². The lowest BCUT2D eigenvalue weighted by atomic mass is 9.92. The highest BCUT2D eigenvalue weighted by molar-refractivity contribution is 5.26. The van der Waals surface area contributed by atoms with Gasteiger partial charge in [-0.05, 0) is 40.0 Å². The lowest BCUT2D eigenvalue weighted by Gasteiger charge is -2.28. The number of fused-ring (bicyclic) bond motifs is 1. The van der Waals surface area contributed by atoms with E-state index in [1.165, 1.54) is 24.1 Å². The predicted molar refractivity (Wildman–Crippen MR) is 78.3 cm³/mol. The molecule has 2 aromatic rings. The molecule has 1 atom stereocenters. The van der Waals surface area contributed by atoms with Crippen LogP contribution >= 0.6 is 0 Å². The molecule has 20 heavy (non-hydrogen) atoms. The van der Waals surface area contributed by atoms with Crippen LogP contribution in [0, 0.1) is 0 Å². The number of rotatable bonds is 3. The second-order valence-electron chi connectivity index (χ2n) is 6.49. The minimum atomic E-state index is 0.0521. The summed E-state index contributed by atoms with van der Waals surface area (Å²) in [6.45, 7) is 7.40. The number of imidazole rings is 1. The van der Waals surface area contributed by atoms with Crippen LogP contribution in [0.15, 0.2) is 18.6 Å². The van der Waals surface area contributed by atoms with E-state index in [1.807, 2.05) is 12.4 Å². The summed E-state index contributed by atoms with van der Waals surface area (Å²) in [5.74, 6) is 0.986. The molecule has 0 saturated heterocycles. The lowest BCUT2D eigenvalue weighted by Crippen LogP contribution is -2.29. The standard InChI is InChI=1S/C15H23N5/c1-15(2,3)20-13-6-4-5-12(11(13)9-19-20)18-10-14-16-7-8-17-14/h7-9,12,18H,4-6,10H2,1-3H3,(H,16,17)/t12-/m0/s1. The van der Waals surface area contributed by atoms with Gasteiger partial charge in [-0.3, -0.25) is 4.68 Å². The van der Waals surface area contributed by atoms with Crippen molar-refractivity contribution in [3.63, 3.8) is 0 Å². The highest BCUT2D eigenvalue weighted by atomic mass is 15.3. The molecule has 0 aliphatic heterocycles. The third-order valence-electron chi connectivity index (χ3n) is 3.89. The Morgan fingerprint density at radius 2 is 2.30 bits per heavy atom. The number of nitrogens with zero attached hydrogens (tertiary/aromatic N) is 3. The molecule has 0 saturated carbocycles. The Kier molecular flexibility index (Phi) is 3.38. The number of nitrogens with one attached hydrogen (secondary N) is 2. The predicted octanol–water partition coefficient (Wildman–Crippen LogP) is 2.53. The van der Waals surface area contributed by atoms with Gasteiger partial charge in [-0.25, -0.2) is 4.98 Å². The summed E-state index contributed by atoms with van der Waals surface area (Å²) in [6.07, 6.45) is 9.21. The van der Waals surface area contributed by atoms with Crippen LogP contribution in [-0.4, -0.2) is 19.7 Å². The summed E-state index contributed by atoms with van der Waals surface area (Å²) in [5, 5.41) is 8.22. The van der Waals surface area contributed by atoms with Gasteiger partial charge in [0.2, 0.25) is 0 Å². The van der Waals surface area contributed by atoms with Gasteiger partial charge in [-0.1, -0.05) is 0 Å². The Balaban J connectivity index is 1.78. The average molecular weight is 273 g/mol. The van der Waals surface area contributed by atoms with Gasteiger partial charge in [0.1, 0.15) is 5.82 Å². The summed E-state index contributed by atoms with van der Waals surface area (Å²) in [4.78, 5) is 7.40. The fraction of sp³-hybridized carbons (Fsp3) is 0.600. The Morgan fingerprint density at radius 3 is 3.00 bits per heavy atom. The molecule has 0 unspecified atom stereocenters. The SMILES string of the molecule is CC(C)(C)n1ncc2c1CCC[C@@H]2NCc1ncc[nH]1. The molecular weight excluding hydrogens is 250 g/mol. The molecule has 2 N–H and O–H groups in total. The quantitative estimate of drug-likeness (QED) is 0.903. The van der Waals surface area contributed by atoms with Gasteiger partial charge in [0.15, 0.2) is 0 Å². The maximum Gasteiger partial charge on any atom is 0.120 e. The molecule has 1 aliphatic rings. The Morgan fingerprint density at radius 1 is 1.45 bits per heavy atom. The monoisotopic (exact) mass is 273 g/mol. The Labute approximate surface area is 119 Å². The van der Waals surface area contributed by atoms with E-state index in [4.69, 9.17) is 0 Å². The van der Waals surface area contributed by atoms with E-state index in [-0.39, 0.29) is 5.54 Å². The largest absolute Gasteiger partial charge is 0.348 e. The maximum atomic E-state index is 4.62. The van der Waals surface area contributed by atoms with Crippen molar-refractivity contribution in [1.29, 1.82) is 0 Å². The molecule has 1 aliphatic carbocycles. The number of H-pyrrole nitrogens is 1. The van der Waals surface area contributed by atoms with Crippen LogP contribution in [0.1, 0.15) is 56.7 Å². The Bertz CT molecular complexity index is 562. The first-order valence-corrected chi connectivity index (χ1v) is 7.34. The lowest BCUT2D eigenvalue weighted by molar-refractivity contribution is 0.334. The second kappa shape index (κ2) is 5.05. The van der Waals surface area contributed by atoms with E-state index in [2.05, 4.69) is 45.8 Å². The molecular formula is C15H23N5. The van der Waals surface area contributed by atoms with E-state index in [1.54, 1.807) is 6.20 Å². The van der Waals surface area contributed by atoms with Crippen LogP contribution in [0.25, 0.3) is 0 Å². The zero-order valence-corrected chi connectivity index (χ0v) is 12.5. The molecule has 0 aromatic carbocycles. The van der Waals surface area contributed by atoms with Crippen molar-refractivity contribution in [3.8, 4) is 0 Å². The maximum absolute atomic E-state index is 4.62. The Hall–Kier alpha value is -1.62. The molecule has 0 amide bonds. The highest BCUT2D eigenvalue weighted by Crippen LogP contribution is 2.32. The van der Waals surface area contributed by atoms with Gasteiger partial charge in [0.05, 0.1) is 18.3 Å². The fourth-order valence-corrected chi connectivity index (χ4v) is 2.96. The molecule has 5 nitrogen and oxygen atoms in total. The van der Waals surface area contributed by atoms with E-state index in [0.29, 0.717) is 6.04 Å². The summed E-state index contributed by atoms with van der Waals surface area (Å²) in [6, 6.07) is 0.389. The molecule has 0 radical (unpaired) electrons. The minimum Gasteiger partial charge on any atom is -0.348 e.